The largest absolute Gasteiger partial charge is 0.277 e. The Hall–Kier alpha value is -1.81. The van der Waals surface area contributed by atoms with Gasteiger partial charge in [-0.05, 0) is 42.5 Å². The number of thioether (sulfide) groups is 1. The Morgan fingerprint density at radius 1 is 1.05 bits per heavy atom. The number of fused-ring (bicyclic) bond motifs is 2. The summed E-state index contributed by atoms with van der Waals surface area (Å²) in [6.07, 6.45) is 5.70. The van der Waals surface area contributed by atoms with Gasteiger partial charge in [-0.1, -0.05) is 42.1 Å². The zero-order valence-corrected chi connectivity index (χ0v) is 11.9. The number of benzene rings is 1. The summed E-state index contributed by atoms with van der Waals surface area (Å²) in [6, 6.07) is 14.8. The summed E-state index contributed by atoms with van der Waals surface area (Å²) >= 11 is 1.83. The first kappa shape index (κ1) is 12.0. The number of aromatic nitrogens is 3. The molecule has 0 bridgehead atoms. The summed E-state index contributed by atoms with van der Waals surface area (Å²) in [4.78, 5) is 0. The SMILES string of the molecule is c1ccc2c(c1)CCCC2Sc1nnc2ccccn12. The second kappa shape index (κ2) is 4.94. The van der Waals surface area contributed by atoms with Crippen molar-refractivity contribution < 1.29 is 0 Å². The Morgan fingerprint density at radius 3 is 2.95 bits per heavy atom. The minimum atomic E-state index is 0.493. The predicted molar refractivity (Wildman–Crippen MR) is 81.0 cm³/mol. The van der Waals surface area contributed by atoms with Crippen LogP contribution >= 0.6 is 11.8 Å². The maximum atomic E-state index is 4.34. The molecule has 0 spiro atoms. The van der Waals surface area contributed by atoms with Crippen molar-refractivity contribution >= 4 is 17.4 Å². The Balaban J connectivity index is 1.70. The molecular formula is C16H15N3S. The molecule has 20 heavy (non-hydrogen) atoms. The maximum absolute atomic E-state index is 4.34. The normalized spacial score (nSPS) is 18.1. The number of hydrogen-bond acceptors (Lipinski definition) is 3. The minimum absolute atomic E-state index is 0.493. The van der Waals surface area contributed by atoms with Crippen LogP contribution in [0.3, 0.4) is 0 Å². The first-order chi connectivity index (χ1) is 9.92. The molecule has 0 N–H and O–H groups in total. The Labute approximate surface area is 122 Å². The average molecular weight is 281 g/mol. The third kappa shape index (κ3) is 2.00. The van der Waals surface area contributed by atoms with Gasteiger partial charge in [0.1, 0.15) is 0 Å². The van der Waals surface area contributed by atoms with E-state index in [1.54, 1.807) is 0 Å². The summed E-state index contributed by atoms with van der Waals surface area (Å²) in [5.41, 5.74) is 3.88. The van der Waals surface area contributed by atoms with E-state index in [1.165, 1.54) is 30.4 Å². The van der Waals surface area contributed by atoms with Crippen molar-refractivity contribution in [2.75, 3.05) is 0 Å². The molecule has 0 fully saturated rings. The van der Waals surface area contributed by atoms with Gasteiger partial charge in [0.2, 0.25) is 0 Å². The highest BCUT2D eigenvalue weighted by Crippen LogP contribution is 2.42. The highest BCUT2D eigenvalue weighted by Gasteiger charge is 2.22. The van der Waals surface area contributed by atoms with Gasteiger partial charge in [0, 0.05) is 11.4 Å². The van der Waals surface area contributed by atoms with Gasteiger partial charge >= 0.3 is 0 Å². The van der Waals surface area contributed by atoms with Gasteiger partial charge < -0.3 is 0 Å². The standard InChI is InChI=1S/C16H15N3S/c1-2-8-13-12(6-1)7-5-9-14(13)20-16-18-17-15-10-3-4-11-19(15)16/h1-4,6,8,10-11,14H,5,7,9H2. The van der Waals surface area contributed by atoms with Crippen LogP contribution in [0.2, 0.25) is 0 Å². The van der Waals surface area contributed by atoms with E-state index < -0.39 is 0 Å². The van der Waals surface area contributed by atoms with Crippen molar-refractivity contribution in [3.05, 3.63) is 59.8 Å². The first-order valence-corrected chi connectivity index (χ1v) is 7.84. The second-order valence-corrected chi connectivity index (χ2v) is 6.28. The van der Waals surface area contributed by atoms with Crippen molar-refractivity contribution in [1.29, 1.82) is 0 Å². The van der Waals surface area contributed by atoms with E-state index >= 15 is 0 Å². The van der Waals surface area contributed by atoms with Crippen LogP contribution < -0.4 is 0 Å². The molecule has 3 nitrogen and oxygen atoms in total. The Bertz CT molecular complexity index is 750. The molecule has 4 rings (SSSR count). The van der Waals surface area contributed by atoms with Crippen molar-refractivity contribution in [3.8, 4) is 0 Å². The molecule has 1 aromatic carbocycles. The first-order valence-electron chi connectivity index (χ1n) is 6.96. The van der Waals surface area contributed by atoms with E-state index in [1.807, 2.05) is 36.2 Å². The number of rotatable bonds is 2. The van der Waals surface area contributed by atoms with Crippen molar-refractivity contribution in [2.45, 2.75) is 29.7 Å². The van der Waals surface area contributed by atoms with E-state index in [2.05, 4.69) is 38.9 Å². The molecule has 0 radical (unpaired) electrons. The fourth-order valence-electron chi connectivity index (χ4n) is 2.86. The van der Waals surface area contributed by atoms with Crippen LogP contribution in [-0.4, -0.2) is 14.6 Å². The van der Waals surface area contributed by atoms with Gasteiger partial charge in [-0.15, -0.1) is 10.2 Å². The topological polar surface area (TPSA) is 30.2 Å². The fourth-order valence-corrected chi connectivity index (χ4v) is 4.11. The molecular weight excluding hydrogens is 266 g/mol. The van der Waals surface area contributed by atoms with Crippen LogP contribution in [-0.2, 0) is 6.42 Å². The van der Waals surface area contributed by atoms with E-state index in [4.69, 9.17) is 0 Å². The van der Waals surface area contributed by atoms with Crippen LogP contribution in [0.4, 0.5) is 0 Å². The monoisotopic (exact) mass is 281 g/mol. The fraction of sp³-hybridized carbons (Fsp3) is 0.250. The molecule has 100 valence electrons. The van der Waals surface area contributed by atoms with E-state index in [0.29, 0.717) is 5.25 Å². The lowest BCUT2D eigenvalue weighted by atomic mass is 9.91. The van der Waals surface area contributed by atoms with Gasteiger partial charge in [-0.2, -0.15) is 0 Å². The zero-order valence-electron chi connectivity index (χ0n) is 11.1. The number of pyridine rings is 1. The van der Waals surface area contributed by atoms with Crippen LogP contribution in [0, 0.1) is 0 Å². The summed E-state index contributed by atoms with van der Waals surface area (Å²) in [5.74, 6) is 0. The molecule has 1 aliphatic carbocycles. The van der Waals surface area contributed by atoms with Crippen molar-refractivity contribution in [1.82, 2.24) is 14.6 Å². The van der Waals surface area contributed by atoms with Gasteiger partial charge in [-0.3, -0.25) is 4.40 Å². The molecule has 1 unspecified atom stereocenters. The van der Waals surface area contributed by atoms with Crippen LogP contribution in [0.15, 0.2) is 53.8 Å². The molecule has 0 saturated heterocycles. The zero-order chi connectivity index (χ0) is 13.4. The highest BCUT2D eigenvalue weighted by atomic mass is 32.2. The van der Waals surface area contributed by atoms with Gasteiger partial charge in [-0.25, -0.2) is 0 Å². The molecule has 1 aliphatic rings. The number of hydrogen-bond donors (Lipinski definition) is 0. The molecule has 2 heterocycles. The average Bonchev–Trinajstić information content (AvgIpc) is 2.91. The molecule has 4 heteroatoms. The lowest BCUT2D eigenvalue weighted by Gasteiger charge is -2.24. The summed E-state index contributed by atoms with van der Waals surface area (Å²) in [7, 11) is 0. The van der Waals surface area contributed by atoms with Crippen LogP contribution in [0.5, 0.6) is 0 Å². The van der Waals surface area contributed by atoms with E-state index in [-0.39, 0.29) is 0 Å². The lowest BCUT2D eigenvalue weighted by Crippen LogP contribution is -2.07. The van der Waals surface area contributed by atoms with Crippen molar-refractivity contribution in [2.24, 2.45) is 0 Å². The maximum Gasteiger partial charge on any atom is 0.196 e. The van der Waals surface area contributed by atoms with Gasteiger partial charge in [0.15, 0.2) is 10.8 Å². The molecule has 0 amide bonds. The number of nitrogens with zero attached hydrogens (tertiary/aromatic N) is 3. The Morgan fingerprint density at radius 2 is 1.95 bits per heavy atom. The van der Waals surface area contributed by atoms with E-state index in [9.17, 15) is 0 Å². The smallest absolute Gasteiger partial charge is 0.196 e. The quantitative estimate of drug-likeness (QED) is 0.713. The van der Waals surface area contributed by atoms with Crippen LogP contribution in [0.25, 0.3) is 5.65 Å². The van der Waals surface area contributed by atoms with Crippen molar-refractivity contribution in [3.63, 3.8) is 0 Å². The van der Waals surface area contributed by atoms with Crippen LogP contribution in [0.1, 0.15) is 29.2 Å². The number of aryl methyl sites for hydroxylation is 1. The molecule has 3 aromatic rings. The minimum Gasteiger partial charge on any atom is -0.277 e. The molecule has 0 saturated carbocycles. The molecule has 2 aromatic heterocycles. The molecule has 1 atom stereocenters. The Kier molecular flexibility index (Phi) is 2.96. The summed E-state index contributed by atoms with van der Waals surface area (Å²) < 4.78 is 2.07. The summed E-state index contributed by atoms with van der Waals surface area (Å²) in [5, 5.41) is 10.1. The molecule has 0 aliphatic heterocycles. The predicted octanol–water partition coefficient (Wildman–Crippen LogP) is 3.90. The third-order valence-corrected chi connectivity index (χ3v) is 5.11. The highest BCUT2D eigenvalue weighted by molar-refractivity contribution is 7.99. The van der Waals surface area contributed by atoms with Gasteiger partial charge in [0.25, 0.3) is 0 Å². The van der Waals surface area contributed by atoms with Gasteiger partial charge in [0.05, 0.1) is 0 Å². The lowest BCUT2D eigenvalue weighted by molar-refractivity contribution is 0.671. The van der Waals surface area contributed by atoms with E-state index in [0.717, 1.165) is 10.8 Å². The summed E-state index contributed by atoms with van der Waals surface area (Å²) in [6.45, 7) is 0. The second-order valence-electron chi connectivity index (χ2n) is 5.11. The third-order valence-electron chi connectivity index (χ3n) is 3.84.